The van der Waals surface area contributed by atoms with E-state index in [1.54, 1.807) is 0 Å². The van der Waals surface area contributed by atoms with Gasteiger partial charge in [0, 0.05) is 19.3 Å². The lowest BCUT2D eigenvalue weighted by atomic mass is 10.1. The van der Waals surface area contributed by atoms with Gasteiger partial charge in [0.1, 0.15) is 13.2 Å². The van der Waals surface area contributed by atoms with Crippen molar-refractivity contribution in [2.45, 2.75) is 252 Å². The van der Waals surface area contributed by atoms with Crippen molar-refractivity contribution in [3.05, 3.63) is 36.5 Å². The second-order valence-corrected chi connectivity index (χ2v) is 16.0. The third kappa shape index (κ3) is 42.8. The second-order valence-electron chi connectivity index (χ2n) is 16.0. The first kappa shape index (κ1) is 53.6. The summed E-state index contributed by atoms with van der Waals surface area (Å²) in [5.74, 6) is -0.900. The van der Waals surface area contributed by atoms with E-state index in [9.17, 15) is 14.4 Å². The fraction of sp³-hybridized carbons (Fsp3) is 0.820. The van der Waals surface area contributed by atoms with Gasteiger partial charge < -0.3 is 14.2 Å². The molecule has 0 spiro atoms. The van der Waals surface area contributed by atoms with Gasteiger partial charge in [0.25, 0.3) is 0 Å². The number of esters is 3. The Kier molecular flexibility index (Phi) is 43.4. The van der Waals surface area contributed by atoms with Crippen molar-refractivity contribution < 1.29 is 28.6 Å². The van der Waals surface area contributed by atoms with Gasteiger partial charge in [-0.25, -0.2) is 0 Å². The van der Waals surface area contributed by atoms with Crippen LogP contribution in [0.25, 0.3) is 0 Å². The molecular weight excluding hydrogens is 697 g/mol. The molecule has 0 aliphatic heterocycles. The minimum atomic E-state index is -0.776. The molecule has 0 amide bonds. The number of allylic oxidation sites excluding steroid dienone is 6. The highest BCUT2D eigenvalue weighted by Gasteiger charge is 2.19. The molecule has 0 aromatic rings. The summed E-state index contributed by atoms with van der Waals surface area (Å²) >= 11 is 0. The lowest BCUT2D eigenvalue weighted by Gasteiger charge is -2.18. The SMILES string of the molecule is CCCCC/C=C\C/C=C\CCCCCCCC(=O)OCC(COC(=O)CCCCCCCCCCC)OC(=O)CCCCCCC/C=C\CCCCCCC. The minimum Gasteiger partial charge on any atom is -0.462 e. The summed E-state index contributed by atoms with van der Waals surface area (Å²) in [6.07, 6.45) is 51.2. The molecule has 1 unspecified atom stereocenters. The highest BCUT2D eigenvalue weighted by atomic mass is 16.6. The maximum atomic E-state index is 12.7. The Labute approximate surface area is 346 Å². The van der Waals surface area contributed by atoms with E-state index >= 15 is 0 Å². The van der Waals surface area contributed by atoms with Crippen molar-refractivity contribution in [1.82, 2.24) is 0 Å². The lowest BCUT2D eigenvalue weighted by molar-refractivity contribution is -0.167. The first-order valence-corrected chi connectivity index (χ1v) is 24.0. The molecule has 0 aliphatic rings. The van der Waals surface area contributed by atoms with Crippen LogP contribution in [0.15, 0.2) is 36.5 Å². The molecule has 0 bridgehead atoms. The van der Waals surface area contributed by atoms with Crippen LogP contribution in [0.1, 0.15) is 245 Å². The Hall–Kier alpha value is -2.37. The minimum absolute atomic E-state index is 0.0781. The molecule has 326 valence electrons. The largest absolute Gasteiger partial charge is 0.462 e. The van der Waals surface area contributed by atoms with E-state index in [-0.39, 0.29) is 31.1 Å². The van der Waals surface area contributed by atoms with E-state index < -0.39 is 6.10 Å². The Bertz CT molecular complexity index is 953. The molecule has 6 nitrogen and oxygen atoms in total. The molecule has 1 atom stereocenters. The zero-order chi connectivity index (χ0) is 40.8. The third-order valence-electron chi connectivity index (χ3n) is 10.4. The normalized spacial score (nSPS) is 12.3. The number of unbranched alkanes of at least 4 members (excludes halogenated alkanes) is 26. The van der Waals surface area contributed by atoms with Crippen LogP contribution in [0.4, 0.5) is 0 Å². The molecule has 56 heavy (non-hydrogen) atoms. The topological polar surface area (TPSA) is 78.9 Å². The van der Waals surface area contributed by atoms with E-state index in [4.69, 9.17) is 14.2 Å². The molecule has 0 aromatic heterocycles. The highest BCUT2D eigenvalue weighted by Crippen LogP contribution is 2.14. The second kappa shape index (κ2) is 45.3. The van der Waals surface area contributed by atoms with Crippen molar-refractivity contribution in [1.29, 1.82) is 0 Å². The van der Waals surface area contributed by atoms with Gasteiger partial charge in [0.15, 0.2) is 6.10 Å². The average molecular weight is 787 g/mol. The lowest BCUT2D eigenvalue weighted by Crippen LogP contribution is -2.30. The van der Waals surface area contributed by atoms with Gasteiger partial charge in [-0.15, -0.1) is 0 Å². The standard InChI is InChI=1S/C50H90O6/c1-4-7-10-13-16-19-21-23-25-27-28-31-34-37-40-43-49(52)55-46-47(45-54-48(51)42-39-36-33-30-18-15-12-9-6-3)56-50(53)44-41-38-35-32-29-26-24-22-20-17-14-11-8-5-2/h16,19,22-25,47H,4-15,17-18,20-21,26-46H2,1-3H3/b19-16-,24-22-,25-23-. The Balaban J connectivity index is 4.37. The van der Waals surface area contributed by atoms with Gasteiger partial charge in [0.05, 0.1) is 0 Å². The zero-order valence-electron chi connectivity index (χ0n) is 37.2. The number of carbonyl (C=O) groups is 3. The van der Waals surface area contributed by atoms with Crippen LogP contribution in [0.5, 0.6) is 0 Å². The number of hydrogen-bond donors (Lipinski definition) is 0. The molecule has 0 rings (SSSR count). The predicted octanol–water partition coefficient (Wildman–Crippen LogP) is 15.4. The van der Waals surface area contributed by atoms with Crippen LogP contribution in [0.2, 0.25) is 0 Å². The summed E-state index contributed by atoms with van der Waals surface area (Å²) in [6, 6.07) is 0. The zero-order valence-corrected chi connectivity index (χ0v) is 37.2. The molecule has 0 saturated carbocycles. The summed E-state index contributed by atoms with van der Waals surface area (Å²) in [6.45, 7) is 6.57. The van der Waals surface area contributed by atoms with Gasteiger partial charge in [-0.05, 0) is 77.0 Å². The smallest absolute Gasteiger partial charge is 0.306 e. The Morgan fingerprint density at radius 3 is 1.04 bits per heavy atom. The van der Waals surface area contributed by atoms with Crippen molar-refractivity contribution in [2.75, 3.05) is 13.2 Å². The number of hydrogen-bond acceptors (Lipinski definition) is 6. The molecular formula is C50H90O6. The van der Waals surface area contributed by atoms with Crippen LogP contribution in [0.3, 0.4) is 0 Å². The van der Waals surface area contributed by atoms with E-state index in [1.807, 2.05) is 0 Å². The highest BCUT2D eigenvalue weighted by molar-refractivity contribution is 5.71. The first-order chi connectivity index (χ1) is 27.5. The summed E-state index contributed by atoms with van der Waals surface area (Å²) in [5.41, 5.74) is 0. The van der Waals surface area contributed by atoms with Crippen LogP contribution in [0, 0.1) is 0 Å². The first-order valence-electron chi connectivity index (χ1n) is 24.0. The van der Waals surface area contributed by atoms with Crippen molar-refractivity contribution in [3.8, 4) is 0 Å². The summed E-state index contributed by atoms with van der Waals surface area (Å²) < 4.78 is 16.7. The maximum Gasteiger partial charge on any atom is 0.306 e. The third-order valence-corrected chi connectivity index (χ3v) is 10.4. The van der Waals surface area contributed by atoms with E-state index in [1.165, 1.54) is 116 Å². The van der Waals surface area contributed by atoms with Crippen molar-refractivity contribution in [3.63, 3.8) is 0 Å². The van der Waals surface area contributed by atoms with Crippen molar-refractivity contribution in [2.24, 2.45) is 0 Å². The van der Waals surface area contributed by atoms with Gasteiger partial charge in [0.2, 0.25) is 0 Å². The molecule has 0 saturated heterocycles. The summed E-state index contributed by atoms with van der Waals surface area (Å²) in [5, 5.41) is 0. The van der Waals surface area contributed by atoms with Gasteiger partial charge in [-0.2, -0.15) is 0 Å². The molecule has 0 heterocycles. The molecule has 0 aromatic carbocycles. The quantitative estimate of drug-likeness (QED) is 0.0265. The molecule has 6 heteroatoms. The van der Waals surface area contributed by atoms with Gasteiger partial charge in [-0.1, -0.05) is 186 Å². The maximum absolute atomic E-state index is 12.7. The molecule has 0 N–H and O–H groups in total. The van der Waals surface area contributed by atoms with E-state index in [0.717, 1.165) is 89.9 Å². The fourth-order valence-electron chi connectivity index (χ4n) is 6.70. The Morgan fingerprint density at radius 2 is 0.643 bits per heavy atom. The van der Waals surface area contributed by atoms with Crippen LogP contribution in [-0.4, -0.2) is 37.2 Å². The van der Waals surface area contributed by atoms with Gasteiger partial charge >= 0.3 is 17.9 Å². The Morgan fingerprint density at radius 1 is 0.357 bits per heavy atom. The number of ether oxygens (including phenoxy) is 3. The van der Waals surface area contributed by atoms with E-state index in [2.05, 4.69) is 57.2 Å². The summed E-state index contributed by atoms with van der Waals surface area (Å²) in [4.78, 5) is 37.7. The summed E-state index contributed by atoms with van der Waals surface area (Å²) in [7, 11) is 0. The fourth-order valence-corrected chi connectivity index (χ4v) is 6.70. The van der Waals surface area contributed by atoms with Crippen molar-refractivity contribution >= 4 is 17.9 Å². The molecule has 0 aliphatic carbocycles. The van der Waals surface area contributed by atoms with Crippen LogP contribution < -0.4 is 0 Å². The molecule has 0 radical (unpaired) electrons. The number of rotatable bonds is 43. The average Bonchev–Trinajstić information content (AvgIpc) is 3.19. The molecule has 0 fully saturated rings. The van der Waals surface area contributed by atoms with E-state index in [0.29, 0.717) is 19.3 Å². The number of carbonyl (C=O) groups excluding carboxylic acids is 3. The van der Waals surface area contributed by atoms with Crippen LogP contribution >= 0.6 is 0 Å². The predicted molar refractivity (Wildman–Crippen MR) is 238 cm³/mol. The van der Waals surface area contributed by atoms with Crippen LogP contribution in [-0.2, 0) is 28.6 Å². The monoisotopic (exact) mass is 787 g/mol. The van der Waals surface area contributed by atoms with Gasteiger partial charge in [-0.3, -0.25) is 14.4 Å².